The van der Waals surface area contributed by atoms with Crippen LogP contribution in [0.3, 0.4) is 0 Å². The molecule has 0 atom stereocenters. The van der Waals surface area contributed by atoms with E-state index in [4.69, 9.17) is 5.73 Å². The normalized spacial score (nSPS) is 11.2. The van der Waals surface area contributed by atoms with Crippen molar-refractivity contribution in [2.45, 2.75) is 51.0 Å². The van der Waals surface area contributed by atoms with E-state index in [1.165, 1.54) is 28.7 Å². The van der Waals surface area contributed by atoms with Crippen LogP contribution in [-0.2, 0) is 25.7 Å². The van der Waals surface area contributed by atoms with Crippen LogP contribution in [0, 0.1) is 0 Å². The number of hydrogen-bond donors (Lipinski definition) is 3. The molecule has 0 amide bonds. The first kappa shape index (κ1) is 22.7. The van der Waals surface area contributed by atoms with Crippen molar-refractivity contribution < 1.29 is 10.2 Å². The lowest BCUT2D eigenvalue weighted by Gasteiger charge is -2.24. The molecule has 2 rings (SSSR count). The van der Waals surface area contributed by atoms with E-state index >= 15 is 0 Å². The molecular formula is C22H32ClNO2. The van der Waals surface area contributed by atoms with Crippen molar-refractivity contribution in [2.24, 2.45) is 5.73 Å². The van der Waals surface area contributed by atoms with Crippen molar-refractivity contribution >= 4 is 12.4 Å². The zero-order chi connectivity index (χ0) is 18.1. The molecule has 0 radical (unpaired) electrons. The van der Waals surface area contributed by atoms with Gasteiger partial charge in [-0.05, 0) is 54.4 Å². The third-order valence-electron chi connectivity index (χ3n) is 4.83. The van der Waals surface area contributed by atoms with E-state index in [9.17, 15) is 10.2 Å². The molecule has 0 spiro atoms. The number of aliphatic hydroxyl groups excluding tert-OH is 2. The van der Waals surface area contributed by atoms with Gasteiger partial charge in [-0.3, -0.25) is 0 Å². The molecule has 0 fully saturated rings. The molecule has 0 aliphatic heterocycles. The fourth-order valence-electron chi connectivity index (χ4n) is 2.92. The van der Waals surface area contributed by atoms with E-state index in [2.05, 4.69) is 55.5 Å². The molecule has 0 bridgehead atoms. The van der Waals surface area contributed by atoms with Gasteiger partial charge < -0.3 is 15.9 Å². The number of rotatable bonds is 10. The number of hydrogen-bond acceptors (Lipinski definition) is 3. The molecule has 0 unspecified atom stereocenters. The van der Waals surface area contributed by atoms with Gasteiger partial charge in [0.1, 0.15) is 0 Å². The summed E-state index contributed by atoms with van der Waals surface area (Å²) in [6, 6.07) is 17.5. The van der Waals surface area contributed by atoms with Gasteiger partial charge >= 0.3 is 0 Å². The first-order valence-electron chi connectivity index (χ1n) is 9.25. The van der Waals surface area contributed by atoms with E-state index < -0.39 is 5.54 Å². The third-order valence-corrected chi connectivity index (χ3v) is 4.83. The van der Waals surface area contributed by atoms with Crippen molar-refractivity contribution in [3.8, 4) is 0 Å². The van der Waals surface area contributed by atoms with Crippen molar-refractivity contribution in [2.75, 3.05) is 13.2 Å². The highest BCUT2D eigenvalue weighted by Gasteiger charge is 2.22. The maximum atomic E-state index is 9.25. The topological polar surface area (TPSA) is 66.5 Å². The summed E-state index contributed by atoms with van der Waals surface area (Å²) in [5.74, 6) is 0. The van der Waals surface area contributed by atoms with E-state index in [-0.39, 0.29) is 25.6 Å². The van der Waals surface area contributed by atoms with Gasteiger partial charge in [0.05, 0.1) is 18.8 Å². The van der Waals surface area contributed by atoms with Gasteiger partial charge in [-0.25, -0.2) is 0 Å². The minimum Gasteiger partial charge on any atom is -0.394 e. The maximum Gasteiger partial charge on any atom is 0.0633 e. The molecule has 0 aliphatic carbocycles. The molecule has 0 aliphatic rings. The summed E-state index contributed by atoms with van der Waals surface area (Å²) in [7, 11) is 0. The Balaban J connectivity index is 0.00000338. The van der Waals surface area contributed by atoms with Gasteiger partial charge in [-0.1, -0.05) is 61.9 Å². The Hall–Kier alpha value is -1.39. The minimum absolute atomic E-state index is 0. The summed E-state index contributed by atoms with van der Waals surface area (Å²) >= 11 is 0. The average molecular weight is 378 g/mol. The number of aliphatic hydroxyl groups is 2. The molecule has 0 heterocycles. The lowest BCUT2D eigenvalue weighted by Crippen LogP contribution is -2.47. The zero-order valence-corrected chi connectivity index (χ0v) is 16.5. The van der Waals surface area contributed by atoms with E-state index in [1.54, 1.807) is 0 Å². The fraction of sp³-hybridized carbons (Fsp3) is 0.455. The van der Waals surface area contributed by atoms with Crippen LogP contribution >= 0.6 is 12.4 Å². The highest BCUT2D eigenvalue weighted by atomic mass is 35.5. The lowest BCUT2D eigenvalue weighted by molar-refractivity contribution is 0.115. The monoisotopic (exact) mass is 377 g/mol. The van der Waals surface area contributed by atoms with Crippen LogP contribution in [0.4, 0.5) is 0 Å². The molecule has 0 saturated carbocycles. The fourth-order valence-corrected chi connectivity index (χ4v) is 2.92. The van der Waals surface area contributed by atoms with Crippen LogP contribution in [0.2, 0.25) is 0 Å². The van der Waals surface area contributed by atoms with Crippen LogP contribution < -0.4 is 5.73 Å². The van der Waals surface area contributed by atoms with Gasteiger partial charge in [0.2, 0.25) is 0 Å². The van der Waals surface area contributed by atoms with Gasteiger partial charge in [0.15, 0.2) is 0 Å². The highest BCUT2D eigenvalue weighted by molar-refractivity contribution is 5.85. The Kier molecular flexibility index (Phi) is 9.89. The number of benzene rings is 2. The molecule has 4 heteroatoms. The number of halogens is 1. The summed E-state index contributed by atoms with van der Waals surface area (Å²) in [4.78, 5) is 0. The van der Waals surface area contributed by atoms with E-state index in [1.807, 2.05) is 0 Å². The second-order valence-electron chi connectivity index (χ2n) is 7.06. The summed E-state index contributed by atoms with van der Waals surface area (Å²) in [5, 5.41) is 18.5. The standard InChI is InChI=1S/C22H31NO2.ClH/c1-2-3-18-4-6-19(7-5-18)8-9-20-10-12-21(13-11-20)14-15-22(23,16-24)17-25;/h4-7,10-13,24-25H,2-3,8-9,14-17,23H2,1H3;1H. The summed E-state index contributed by atoms with van der Waals surface area (Å²) in [5.41, 5.74) is 10.3. The SMILES string of the molecule is CCCc1ccc(CCc2ccc(CCC(N)(CO)CO)cc2)cc1.Cl. The van der Waals surface area contributed by atoms with Crippen LogP contribution in [0.15, 0.2) is 48.5 Å². The third kappa shape index (κ3) is 7.08. The average Bonchev–Trinajstić information content (AvgIpc) is 2.66. The Bertz CT molecular complexity index is 622. The Morgan fingerprint density at radius 3 is 1.38 bits per heavy atom. The second kappa shape index (κ2) is 11.3. The molecule has 0 aromatic heterocycles. The summed E-state index contributed by atoms with van der Waals surface area (Å²) in [6.07, 6.45) is 5.75. The lowest BCUT2D eigenvalue weighted by atomic mass is 9.93. The first-order chi connectivity index (χ1) is 12.1. The van der Waals surface area contributed by atoms with Crippen LogP contribution in [0.1, 0.15) is 42.0 Å². The maximum absolute atomic E-state index is 9.25. The second-order valence-corrected chi connectivity index (χ2v) is 7.06. The minimum atomic E-state index is -0.886. The summed E-state index contributed by atoms with van der Waals surface area (Å²) in [6.45, 7) is 1.82. The highest BCUT2D eigenvalue weighted by Crippen LogP contribution is 2.14. The Morgan fingerprint density at radius 2 is 1.04 bits per heavy atom. The van der Waals surface area contributed by atoms with Crippen LogP contribution in [0.5, 0.6) is 0 Å². The van der Waals surface area contributed by atoms with Gasteiger partial charge in [-0.2, -0.15) is 0 Å². The largest absolute Gasteiger partial charge is 0.394 e. The molecule has 2 aromatic rings. The number of nitrogens with two attached hydrogens (primary N) is 1. The Labute approximate surface area is 163 Å². The predicted molar refractivity (Wildman–Crippen MR) is 111 cm³/mol. The van der Waals surface area contributed by atoms with Crippen molar-refractivity contribution in [3.05, 3.63) is 70.8 Å². The molecule has 26 heavy (non-hydrogen) atoms. The van der Waals surface area contributed by atoms with Crippen LogP contribution in [-0.4, -0.2) is 29.0 Å². The first-order valence-corrected chi connectivity index (χ1v) is 9.25. The molecule has 0 saturated heterocycles. The smallest absolute Gasteiger partial charge is 0.0633 e. The molecule has 3 nitrogen and oxygen atoms in total. The Morgan fingerprint density at radius 1 is 0.692 bits per heavy atom. The molecule has 144 valence electrons. The van der Waals surface area contributed by atoms with Crippen LogP contribution in [0.25, 0.3) is 0 Å². The predicted octanol–water partition coefficient (Wildman–Crippen LogP) is 3.46. The van der Waals surface area contributed by atoms with Gasteiger partial charge in [0, 0.05) is 0 Å². The molecular weight excluding hydrogens is 346 g/mol. The summed E-state index contributed by atoms with van der Waals surface area (Å²) < 4.78 is 0. The van der Waals surface area contributed by atoms with E-state index in [0.717, 1.165) is 25.7 Å². The molecule has 2 aromatic carbocycles. The van der Waals surface area contributed by atoms with Crippen molar-refractivity contribution in [1.82, 2.24) is 0 Å². The van der Waals surface area contributed by atoms with Gasteiger partial charge in [0.25, 0.3) is 0 Å². The van der Waals surface area contributed by atoms with Crippen molar-refractivity contribution in [1.29, 1.82) is 0 Å². The molecule has 4 N–H and O–H groups in total. The van der Waals surface area contributed by atoms with E-state index in [0.29, 0.717) is 6.42 Å². The van der Waals surface area contributed by atoms with Gasteiger partial charge in [-0.15, -0.1) is 12.4 Å². The zero-order valence-electron chi connectivity index (χ0n) is 15.7. The van der Waals surface area contributed by atoms with Crippen molar-refractivity contribution in [3.63, 3.8) is 0 Å². The number of aryl methyl sites for hydroxylation is 4. The quantitative estimate of drug-likeness (QED) is 0.594.